The molecule has 0 amide bonds. The van der Waals surface area contributed by atoms with Gasteiger partial charge in [-0.25, -0.2) is 0 Å². The summed E-state index contributed by atoms with van der Waals surface area (Å²) in [5.41, 5.74) is 0. The van der Waals surface area contributed by atoms with E-state index in [9.17, 15) is 30.0 Å². The van der Waals surface area contributed by atoms with Crippen molar-refractivity contribution in [2.24, 2.45) is 0 Å². The molecule has 11 heteroatoms. The molecule has 0 aliphatic heterocycles. The van der Waals surface area contributed by atoms with Gasteiger partial charge in [-0.15, -0.1) is 12.2 Å². The molecule has 2 unspecified atom stereocenters. The molecule has 2 atom stereocenters. The zero-order valence-electron chi connectivity index (χ0n) is 15.2. The van der Waals surface area contributed by atoms with E-state index in [2.05, 4.69) is 0 Å². The minimum absolute atomic E-state index is 0. The van der Waals surface area contributed by atoms with E-state index < -0.39 is 36.4 Å². The second-order valence-electron chi connectivity index (χ2n) is 4.09. The molecule has 0 aromatic carbocycles. The van der Waals surface area contributed by atoms with Crippen LogP contribution in [0.1, 0.15) is 41.5 Å². The molecule has 0 aliphatic rings. The normalized spacial score (nSPS) is 10.3. The molecule has 23 heavy (non-hydrogen) atoms. The van der Waals surface area contributed by atoms with E-state index in [0.29, 0.717) is 0 Å². The summed E-state index contributed by atoms with van der Waals surface area (Å²) in [5.74, 6) is -2.87. The van der Waals surface area contributed by atoms with E-state index >= 15 is 0 Å². The second kappa shape index (κ2) is 29.4. The Morgan fingerprint density at radius 2 is 0.739 bits per heavy atom. The number of carboxylic acid groups (broad SMARTS) is 2. The molecule has 0 aromatic rings. The van der Waals surface area contributed by atoms with Crippen LogP contribution in [0.3, 0.4) is 0 Å². The van der Waals surface area contributed by atoms with Crippen LogP contribution in [-0.4, -0.2) is 46.6 Å². The average Bonchev–Trinajstić information content (AvgIpc) is 2.15. The van der Waals surface area contributed by atoms with Crippen molar-refractivity contribution < 1.29 is 61.9 Å². The van der Waals surface area contributed by atoms with E-state index in [1.807, 2.05) is 0 Å². The van der Waals surface area contributed by atoms with Crippen LogP contribution < -0.4 is 32.7 Å². The van der Waals surface area contributed by atoms with Crippen LogP contribution in [-0.2, 0) is 31.3 Å². The first-order valence-corrected chi connectivity index (χ1v) is 5.85. The van der Waals surface area contributed by atoms with Crippen molar-refractivity contribution in [3.8, 4) is 0 Å². The molecule has 0 bridgehead atoms. The van der Waals surface area contributed by atoms with Crippen molar-refractivity contribution in [2.75, 3.05) is 0 Å². The first kappa shape index (κ1) is 43.3. The maximum Gasteiger partial charge on any atom is 2.00 e. The van der Waals surface area contributed by atoms with Gasteiger partial charge < -0.3 is 52.5 Å². The molecule has 10 nitrogen and oxygen atoms in total. The molecular weight excluding hydrogens is 348 g/mol. The molecule has 0 spiro atoms. The van der Waals surface area contributed by atoms with Gasteiger partial charge in [-0.1, -0.05) is 27.7 Å². The molecule has 0 fully saturated rings. The zero-order chi connectivity index (χ0) is 17.5. The van der Waals surface area contributed by atoms with Crippen LogP contribution in [0.15, 0.2) is 0 Å². The predicted octanol–water partition coefficient (Wildman–Crippen LogP) is -3.51. The number of carbonyl (C=O) groups excluding carboxylic acids is 2. The molecule has 0 heterocycles. The third kappa shape index (κ3) is 147. The molecule has 0 saturated heterocycles. The Bertz CT molecular complexity index is 210. The summed E-state index contributed by atoms with van der Waals surface area (Å²) >= 11 is 0. The fourth-order valence-corrected chi connectivity index (χ4v) is 0. The van der Waals surface area contributed by atoms with E-state index in [1.54, 1.807) is 27.7 Å². The number of aliphatic hydroxyl groups is 2. The molecule has 0 saturated carbocycles. The second-order valence-corrected chi connectivity index (χ2v) is 4.09. The van der Waals surface area contributed by atoms with E-state index in [0.717, 1.165) is 13.8 Å². The van der Waals surface area contributed by atoms with Gasteiger partial charge in [0, 0.05) is 0 Å². The number of aliphatic carboxylic acids is 2. The van der Waals surface area contributed by atoms with Crippen LogP contribution >= 0.6 is 0 Å². The number of carboxylic acids is 2. The van der Waals surface area contributed by atoms with Gasteiger partial charge in [0.05, 0.1) is 24.1 Å². The van der Waals surface area contributed by atoms with Gasteiger partial charge >= 0.3 is 21.7 Å². The Morgan fingerprint density at radius 1 is 0.696 bits per heavy atom. The van der Waals surface area contributed by atoms with Gasteiger partial charge in [0.2, 0.25) is 0 Å². The molecular formula is C12H32N2O8Ti. The number of hydrogen-bond acceptors (Lipinski definition) is 8. The molecule has 10 N–H and O–H groups in total. The monoisotopic (exact) mass is 380 g/mol. The third-order valence-electron chi connectivity index (χ3n) is 0.682. The summed E-state index contributed by atoms with van der Waals surface area (Å²) in [6, 6.07) is 0. The first-order valence-electron chi connectivity index (χ1n) is 5.85. The third-order valence-corrected chi connectivity index (χ3v) is 0.682. The molecule has 0 aromatic heterocycles. The Hall–Kier alpha value is -0.586. The maximum atomic E-state index is 9.53. The number of aliphatic hydroxyl groups excluding tert-OH is 2. The number of quaternary nitrogens is 2. The summed E-state index contributed by atoms with van der Waals surface area (Å²) in [6.45, 7) is 8.71. The van der Waals surface area contributed by atoms with Crippen LogP contribution in [0.2, 0.25) is 0 Å². The van der Waals surface area contributed by atoms with Crippen molar-refractivity contribution in [1.82, 2.24) is 12.3 Å². The van der Waals surface area contributed by atoms with E-state index in [4.69, 9.17) is 10.2 Å². The SMILES string of the molecule is CC(C)[O-].CC(C)[O-].CC(O)C(=O)[O-].CC(O)C(=O)[O-].[NH4+].[NH4+].[Ti+2]. The smallest absolute Gasteiger partial charge is 0.852 e. The minimum Gasteiger partial charge on any atom is -0.852 e. The van der Waals surface area contributed by atoms with Crippen molar-refractivity contribution in [2.45, 2.75) is 66.0 Å². The van der Waals surface area contributed by atoms with Crippen molar-refractivity contribution in [3.63, 3.8) is 0 Å². The Kier molecular flexibility index (Phi) is 55.4. The fraction of sp³-hybridized carbons (Fsp3) is 0.833. The Morgan fingerprint density at radius 3 is 0.739 bits per heavy atom. The standard InChI is InChI=1S/2C3H6O3.2C3H7O.2H3N.Ti/c2*1-2(4)3(5)6;2*1-3(2)4;;;/h2*2,4H,1H3,(H,5,6);2*3H,1-2H3;2*1H3;/q;;2*-1;;;+2. The Balaban J connectivity index is -0.0000000289. The summed E-state index contributed by atoms with van der Waals surface area (Å²) < 4.78 is 0. The summed E-state index contributed by atoms with van der Waals surface area (Å²) in [4.78, 5) is 18.7. The van der Waals surface area contributed by atoms with Crippen molar-refractivity contribution in [3.05, 3.63) is 0 Å². The van der Waals surface area contributed by atoms with Gasteiger partial charge in [-0.3, -0.25) is 0 Å². The number of carbonyl (C=O) groups is 2. The van der Waals surface area contributed by atoms with Gasteiger partial charge in [0.15, 0.2) is 0 Å². The number of rotatable bonds is 2. The van der Waals surface area contributed by atoms with E-state index in [1.165, 1.54) is 0 Å². The molecule has 142 valence electrons. The summed E-state index contributed by atoms with van der Waals surface area (Å²) in [5, 5.41) is 53.7. The van der Waals surface area contributed by atoms with Gasteiger partial charge in [-0.2, -0.15) is 0 Å². The van der Waals surface area contributed by atoms with Crippen LogP contribution in [0.4, 0.5) is 0 Å². The maximum absolute atomic E-state index is 9.53. The van der Waals surface area contributed by atoms with Crippen molar-refractivity contribution >= 4 is 11.9 Å². The summed E-state index contributed by atoms with van der Waals surface area (Å²) in [7, 11) is 0. The Labute approximate surface area is 152 Å². The van der Waals surface area contributed by atoms with Crippen LogP contribution in [0, 0.1) is 0 Å². The largest absolute Gasteiger partial charge is 2.00 e. The topological polar surface area (TPSA) is 240 Å². The molecule has 0 aliphatic carbocycles. The average molecular weight is 380 g/mol. The van der Waals surface area contributed by atoms with Gasteiger partial charge in [0.25, 0.3) is 0 Å². The molecule has 0 radical (unpaired) electrons. The van der Waals surface area contributed by atoms with Crippen LogP contribution in [0.25, 0.3) is 0 Å². The minimum atomic E-state index is -1.44. The van der Waals surface area contributed by atoms with Gasteiger partial charge in [-0.05, 0) is 13.8 Å². The first-order chi connectivity index (χ1) is 8.75. The van der Waals surface area contributed by atoms with Crippen LogP contribution in [0.5, 0.6) is 0 Å². The number of hydrogen-bond donors (Lipinski definition) is 4. The molecule has 0 rings (SSSR count). The zero-order valence-corrected chi connectivity index (χ0v) is 16.7. The van der Waals surface area contributed by atoms with Gasteiger partial charge in [0.1, 0.15) is 0 Å². The quantitative estimate of drug-likeness (QED) is 0.349. The van der Waals surface area contributed by atoms with E-state index in [-0.39, 0.29) is 34.0 Å². The van der Waals surface area contributed by atoms with Crippen molar-refractivity contribution in [1.29, 1.82) is 0 Å². The summed E-state index contributed by atoms with van der Waals surface area (Å²) in [6.07, 6.45) is -3.52. The fourth-order valence-electron chi connectivity index (χ4n) is 0. The predicted molar refractivity (Wildman–Crippen MR) is 75.6 cm³/mol.